The Bertz CT molecular complexity index is 1190. The van der Waals surface area contributed by atoms with Crippen LogP contribution in [0.25, 0.3) is 0 Å². The van der Waals surface area contributed by atoms with Crippen molar-refractivity contribution in [3.05, 3.63) is 90.7 Å². The number of benzene rings is 2. The summed E-state index contributed by atoms with van der Waals surface area (Å²) in [6, 6.07) is 11.1. The van der Waals surface area contributed by atoms with E-state index in [9.17, 15) is 25.0 Å². The first kappa shape index (κ1) is 20.7. The summed E-state index contributed by atoms with van der Waals surface area (Å²) in [5, 5.41) is 22.6. The molecule has 152 valence electrons. The number of hydrogen-bond donors (Lipinski definition) is 0. The number of esters is 1. The fourth-order valence-corrected chi connectivity index (χ4v) is 2.58. The normalized spacial score (nSPS) is 10.9. The Morgan fingerprint density at radius 2 is 1.90 bits per heavy atom. The number of carbonyl (C=O) groups is 1. The minimum absolute atomic E-state index is 0.347. The minimum atomic E-state index is -1.11. The maximum absolute atomic E-state index is 12.1. The first-order chi connectivity index (χ1) is 14.3. The van der Waals surface area contributed by atoms with Gasteiger partial charge in [-0.05, 0) is 48.4 Å². The number of ether oxygens (including phenoxy) is 1. The Labute approximate surface area is 173 Å². The van der Waals surface area contributed by atoms with Gasteiger partial charge in [0.1, 0.15) is 4.92 Å². The van der Waals surface area contributed by atoms with E-state index >= 15 is 0 Å². The van der Waals surface area contributed by atoms with Crippen molar-refractivity contribution >= 4 is 41.0 Å². The highest BCUT2D eigenvalue weighted by atomic mass is 35.5. The first-order valence-corrected chi connectivity index (χ1v) is 8.68. The van der Waals surface area contributed by atoms with Crippen molar-refractivity contribution in [3.8, 4) is 5.75 Å². The van der Waals surface area contributed by atoms with Crippen LogP contribution in [0.3, 0.4) is 0 Å². The van der Waals surface area contributed by atoms with Crippen LogP contribution in [0.1, 0.15) is 21.7 Å². The summed E-state index contributed by atoms with van der Waals surface area (Å²) in [6.07, 6.45) is 1.41. The molecule has 0 aliphatic rings. The zero-order valence-corrected chi connectivity index (χ0v) is 16.0. The van der Waals surface area contributed by atoms with Crippen molar-refractivity contribution < 1.29 is 23.8 Å². The highest BCUT2D eigenvalue weighted by molar-refractivity contribution is 6.31. The molecule has 0 fully saturated rings. The van der Waals surface area contributed by atoms with Crippen LogP contribution in [0.5, 0.6) is 5.75 Å². The lowest BCUT2D eigenvalue weighted by atomic mass is 10.2. The van der Waals surface area contributed by atoms with E-state index in [2.05, 4.69) is 4.99 Å². The van der Waals surface area contributed by atoms with Crippen LogP contribution < -0.4 is 4.74 Å². The summed E-state index contributed by atoms with van der Waals surface area (Å²) < 4.78 is 9.72. The summed E-state index contributed by atoms with van der Waals surface area (Å²) in [7, 11) is 0. The molecule has 3 aromatic rings. The quantitative estimate of drug-likeness (QED) is 0.176. The number of carbonyl (C=O) groups excluding carboxylic acids is 1. The lowest BCUT2D eigenvalue weighted by Crippen LogP contribution is -2.09. The molecule has 3 rings (SSSR count). The molecule has 0 saturated heterocycles. The zero-order chi connectivity index (χ0) is 21.8. The largest absolute Gasteiger partial charge is 0.433 e. The van der Waals surface area contributed by atoms with E-state index in [1.807, 2.05) is 0 Å². The standard InChI is InChI=1S/C19H12ClN3O7/c1-11-13(20)3-2-4-14(11)21-10-12-5-6-16(15(9-12)22(25)26)30-19(24)17-7-8-18(29-17)23(27)28/h2-10H,1H3. The number of nitro benzene ring substituents is 1. The number of hydrogen-bond acceptors (Lipinski definition) is 8. The van der Waals surface area contributed by atoms with Gasteiger partial charge in [-0.15, -0.1) is 0 Å². The van der Waals surface area contributed by atoms with Gasteiger partial charge in [0.2, 0.25) is 11.5 Å². The Hall–Kier alpha value is -4.05. The molecule has 2 aromatic carbocycles. The topological polar surface area (TPSA) is 138 Å². The van der Waals surface area contributed by atoms with E-state index in [4.69, 9.17) is 20.8 Å². The van der Waals surface area contributed by atoms with Gasteiger partial charge < -0.3 is 9.15 Å². The van der Waals surface area contributed by atoms with Crippen LogP contribution in [-0.2, 0) is 0 Å². The molecule has 0 amide bonds. The fraction of sp³-hybridized carbons (Fsp3) is 0.0526. The third kappa shape index (κ3) is 4.50. The molecule has 0 N–H and O–H groups in total. The van der Waals surface area contributed by atoms with Gasteiger partial charge >= 0.3 is 17.5 Å². The number of rotatable bonds is 6. The second-order valence-corrected chi connectivity index (χ2v) is 6.32. The fourth-order valence-electron chi connectivity index (χ4n) is 2.41. The molecule has 1 aromatic heterocycles. The predicted molar refractivity (Wildman–Crippen MR) is 107 cm³/mol. The number of furan rings is 1. The van der Waals surface area contributed by atoms with Gasteiger partial charge in [-0.3, -0.25) is 25.2 Å². The molecule has 0 aliphatic heterocycles. The van der Waals surface area contributed by atoms with Crippen molar-refractivity contribution in [1.29, 1.82) is 0 Å². The molecular formula is C19H12ClN3O7. The highest BCUT2D eigenvalue weighted by Crippen LogP contribution is 2.30. The maximum Gasteiger partial charge on any atom is 0.433 e. The number of aliphatic imine (C=N–C) groups is 1. The van der Waals surface area contributed by atoms with Crippen molar-refractivity contribution in [2.24, 2.45) is 4.99 Å². The summed E-state index contributed by atoms with van der Waals surface area (Å²) in [6.45, 7) is 1.79. The minimum Gasteiger partial charge on any atom is -0.413 e. The number of halogens is 1. The summed E-state index contributed by atoms with van der Waals surface area (Å²) in [5.41, 5.74) is 1.24. The highest BCUT2D eigenvalue weighted by Gasteiger charge is 2.23. The molecule has 0 unspecified atom stereocenters. The van der Waals surface area contributed by atoms with Crippen LogP contribution >= 0.6 is 11.6 Å². The van der Waals surface area contributed by atoms with Gasteiger partial charge in [0, 0.05) is 17.3 Å². The molecule has 1 heterocycles. The number of nitro groups is 2. The molecule has 0 bridgehead atoms. The molecule has 30 heavy (non-hydrogen) atoms. The number of nitrogens with zero attached hydrogens (tertiary/aromatic N) is 3. The Balaban J connectivity index is 1.85. The Morgan fingerprint density at radius 1 is 1.13 bits per heavy atom. The van der Waals surface area contributed by atoms with Gasteiger partial charge in [0.15, 0.2) is 0 Å². The van der Waals surface area contributed by atoms with Crippen molar-refractivity contribution in [1.82, 2.24) is 0 Å². The third-order valence-corrected chi connectivity index (χ3v) is 4.36. The van der Waals surface area contributed by atoms with Crippen LogP contribution in [-0.4, -0.2) is 22.0 Å². The summed E-state index contributed by atoms with van der Waals surface area (Å²) in [5.74, 6) is -2.57. The smallest absolute Gasteiger partial charge is 0.413 e. The molecule has 0 aliphatic carbocycles. The lowest BCUT2D eigenvalue weighted by molar-refractivity contribution is -0.402. The van der Waals surface area contributed by atoms with E-state index < -0.39 is 33.1 Å². The van der Waals surface area contributed by atoms with Gasteiger partial charge in [-0.2, -0.15) is 0 Å². The van der Waals surface area contributed by atoms with Crippen LogP contribution in [0.15, 0.2) is 57.9 Å². The van der Waals surface area contributed by atoms with Crippen LogP contribution in [0.4, 0.5) is 17.3 Å². The molecule has 10 nitrogen and oxygen atoms in total. The first-order valence-electron chi connectivity index (χ1n) is 8.30. The van der Waals surface area contributed by atoms with Crippen molar-refractivity contribution in [2.75, 3.05) is 0 Å². The van der Waals surface area contributed by atoms with Crippen molar-refractivity contribution in [2.45, 2.75) is 6.92 Å². The van der Waals surface area contributed by atoms with E-state index in [-0.39, 0.29) is 5.75 Å². The molecular weight excluding hydrogens is 418 g/mol. The predicted octanol–water partition coefficient (Wildman–Crippen LogP) is 5.03. The molecule has 0 atom stereocenters. The van der Waals surface area contributed by atoms with Gasteiger partial charge in [0.25, 0.3) is 0 Å². The van der Waals surface area contributed by atoms with Crippen molar-refractivity contribution in [3.63, 3.8) is 0 Å². The lowest BCUT2D eigenvalue weighted by Gasteiger charge is -2.05. The second kappa shape index (κ2) is 8.53. The molecule has 11 heteroatoms. The van der Waals surface area contributed by atoms with Gasteiger partial charge in [-0.1, -0.05) is 17.7 Å². The average molecular weight is 430 g/mol. The SMILES string of the molecule is Cc1c(Cl)cccc1N=Cc1ccc(OC(=O)c2ccc([N+](=O)[O-])o2)c([N+](=O)[O-])c1. The Morgan fingerprint density at radius 3 is 2.57 bits per heavy atom. The summed E-state index contributed by atoms with van der Waals surface area (Å²) >= 11 is 6.04. The molecule has 0 saturated carbocycles. The molecule has 0 radical (unpaired) electrons. The van der Waals surface area contributed by atoms with E-state index in [0.717, 1.165) is 17.7 Å². The van der Waals surface area contributed by atoms with E-state index in [0.29, 0.717) is 16.3 Å². The summed E-state index contributed by atoms with van der Waals surface area (Å²) in [4.78, 5) is 36.8. The Kier molecular flexibility index (Phi) is 5.88. The average Bonchev–Trinajstić information content (AvgIpc) is 3.20. The van der Waals surface area contributed by atoms with Crippen LogP contribution in [0.2, 0.25) is 5.02 Å². The second-order valence-electron chi connectivity index (χ2n) is 5.91. The van der Waals surface area contributed by atoms with Gasteiger partial charge in [-0.25, -0.2) is 4.79 Å². The molecule has 0 spiro atoms. The van der Waals surface area contributed by atoms with E-state index in [1.54, 1.807) is 25.1 Å². The monoisotopic (exact) mass is 429 g/mol. The maximum atomic E-state index is 12.1. The zero-order valence-electron chi connectivity index (χ0n) is 15.3. The third-order valence-electron chi connectivity index (χ3n) is 3.95. The van der Waals surface area contributed by atoms with E-state index in [1.165, 1.54) is 24.4 Å². The van der Waals surface area contributed by atoms with Crippen LogP contribution in [0, 0.1) is 27.2 Å². The van der Waals surface area contributed by atoms with Gasteiger partial charge in [0.05, 0.1) is 16.7 Å².